The summed E-state index contributed by atoms with van der Waals surface area (Å²) in [4.78, 5) is 2.50. The molecule has 3 nitrogen and oxygen atoms in total. The Kier molecular flexibility index (Phi) is 4.75. The summed E-state index contributed by atoms with van der Waals surface area (Å²) in [5, 5.41) is 0. The van der Waals surface area contributed by atoms with Crippen LogP contribution in [0.1, 0.15) is 25.3 Å². The molecule has 0 aromatic heterocycles. The monoisotopic (exact) mass is 248 g/mol. The summed E-state index contributed by atoms with van der Waals surface area (Å²) >= 11 is 0. The van der Waals surface area contributed by atoms with Gasteiger partial charge in [0.1, 0.15) is 0 Å². The molecule has 1 fully saturated rings. The van der Waals surface area contributed by atoms with E-state index in [1.807, 2.05) is 0 Å². The molecule has 3 atom stereocenters. The Morgan fingerprint density at radius 3 is 2.72 bits per heavy atom. The molecular formula is C15H24N2O. The number of hydrogen-bond donors (Lipinski definition) is 1. The molecule has 18 heavy (non-hydrogen) atoms. The van der Waals surface area contributed by atoms with E-state index >= 15 is 0 Å². The minimum absolute atomic E-state index is 0.329. The van der Waals surface area contributed by atoms with Crippen molar-refractivity contribution in [3.05, 3.63) is 35.9 Å². The lowest BCUT2D eigenvalue weighted by Crippen LogP contribution is -2.49. The van der Waals surface area contributed by atoms with Gasteiger partial charge in [-0.2, -0.15) is 0 Å². The quantitative estimate of drug-likeness (QED) is 0.883. The van der Waals surface area contributed by atoms with Crippen molar-refractivity contribution in [3.63, 3.8) is 0 Å². The Labute approximate surface area is 110 Å². The van der Waals surface area contributed by atoms with Crippen molar-refractivity contribution >= 4 is 0 Å². The summed E-state index contributed by atoms with van der Waals surface area (Å²) < 4.78 is 5.67. The molecule has 0 amide bonds. The van der Waals surface area contributed by atoms with Gasteiger partial charge in [0.15, 0.2) is 0 Å². The van der Waals surface area contributed by atoms with Crippen molar-refractivity contribution in [2.45, 2.75) is 31.9 Å². The lowest BCUT2D eigenvalue weighted by molar-refractivity contribution is -0.0509. The molecule has 0 spiro atoms. The molecule has 1 aliphatic rings. The van der Waals surface area contributed by atoms with Gasteiger partial charge in [0.2, 0.25) is 0 Å². The molecule has 3 heteroatoms. The van der Waals surface area contributed by atoms with Crippen LogP contribution in [-0.2, 0) is 4.74 Å². The molecular weight excluding hydrogens is 224 g/mol. The molecule has 0 bridgehead atoms. The van der Waals surface area contributed by atoms with E-state index < -0.39 is 0 Å². The van der Waals surface area contributed by atoms with Gasteiger partial charge in [0, 0.05) is 31.6 Å². The summed E-state index contributed by atoms with van der Waals surface area (Å²) in [5.41, 5.74) is 7.28. The van der Waals surface area contributed by atoms with Gasteiger partial charge in [-0.05, 0) is 19.4 Å². The molecule has 3 unspecified atom stereocenters. The number of hydrogen-bond acceptors (Lipinski definition) is 3. The van der Waals surface area contributed by atoms with Crippen LogP contribution >= 0.6 is 0 Å². The van der Waals surface area contributed by atoms with Gasteiger partial charge in [0.05, 0.1) is 12.7 Å². The maximum atomic E-state index is 5.94. The lowest BCUT2D eigenvalue weighted by atomic mass is 9.97. The predicted molar refractivity (Wildman–Crippen MR) is 74.7 cm³/mol. The van der Waals surface area contributed by atoms with Crippen LogP contribution in [0.4, 0.5) is 0 Å². The molecule has 1 saturated heterocycles. The van der Waals surface area contributed by atoms with E-state index in [-0.39, 0.29) is 0 Å². The number of benzene rings is 1. The number of nitrogens with zero attached hydrogens (tertiary/aromatic N) is 1. The van der Waals surface area contributed by atoms with Crippen molar-refractivity contribution < 1.29 is 4.74 Å². The van der Waals surface area contributed by atoms with Crippen LogP contribution < -0.4 is 5.73 Å². The van der Waals surface area contributed by atoms with Gasteiger partial charge in [-0.15, -0.1) is 0 Å². The van der Waals surface area contributed by atoms with E-state index in [9.17, 15) is 0 Å². The maximum Gasteiger partial charge on any atom is 0.0674 e. The number of rotatable bonds is 4. The Hall–Kier alpha value is -0.900. The first kappa shape index (κ1) is 13.5. The highest BCUT2D eigenvalue weighted by atomic mass is 16.5. The van der Waals surface area contributed by atoms with E-state index in [1.165, 1.54) is 5.56 Å². The summed E-state index contributed by atoms with van der Waals surface area (Å²) in [6.45, 7) is 7.92. The van der Waals surface area contributed by atoms with Gasteiger partial charge < -0.3 is 10.5 Å². The van der Waals surface area contributed by atoms with Crippen molar-refractivity contribution in [1.29, 1.82) is 0 Å². The fourth-order valence-electron chi connectivity index (χ4n) is 2.55. The first-order valence-electron chi connectivity index (χ1n) is 6.81. The lowest BCUT2D eigenvalue weighted by Gasteiger charge is -2.38. The van der Waals surface area contributed by atoms with Gasteiger partial charge in [-0.1, -0.05) is 30.3 Å². The van der Waals surface area contributed by atoms with Crippen molar-refractivity contribution in [2.24, 2.45) is 5.73 Å². The molecule has 2 N–H and O–H groups in total. The second-order valence-electron chi connectivity index (χ2n) is 5.29. The third kappa shape index (κ3) is 3.31. The van der Waals surface area contributed by atoms with Gasteiger partial charge in [-0.25, -0.2) is 0 Å². The Bertz CT molecular complexity index is 355. The predicted octanol–water partition coefficient (Wildman–Crippen LogP) is 1.84. The van der Waals surface area contributed by atoms with Crippen molar-refractivity contribution in [1.82, 2.24) is 4.90 Å². The van der Waals surface area contributed by atoms with E-state index in [0.29, 0.717) is 24.6 Å². The van der Waals surface area contributed by atoms with Crippen LogP contribution in [0.25, 0.3) is 0 Å². The molecule has 0 saturated carbocycles. The number of morpholine rings is 1. The normalized spacial score (nSPS) is 27.1. The molecule has 0 radical (unpaired) electrons. The minimum Gasteiger partial charge on any atom is -0.376 e. The first-order chi connectivity index (χ1) is 8.70. The van der Waals surface area contributed by atoms with E-state index in [1.54, 1.807) is 0 Å². The molecule has 1 aromatic carbocycles. The van der Waals surface area contributed by atoms with Crippen LogP contribution in [0, 0.1) is 0 Å². The van der Waals surface area contributed by atoms with Crippen LogP contribution in [0.15, 0.2) is 30.3 Å². The van der Waals surface area contributed by atoms with Crippen LogP contribution in [-0.4, -0.2) is 43.3 Å². The largest absolute Gasteiger partial charge is 0.376 e. The standard InChI is InChI=1S/C15H24N2O/c1-12-11-18-13(2)9-17(12)10-15(8-16)14-6-4-3-5-7-14/h3-7,12-13,15H,8-11,16H2,1-2H3. The SMILES string of the molecule is CC1CN(CC(CN)c2ccccc2)C(C)CO1. The zero-order valence-corrected chi connectivity index (χ0v) is 11.4. The third-order valence-electron chi connectivity index (χ3n) is 3.75. The Balaban J connectivity index is 2.01. The highest BCUT2D eigenvalue weighted by molar-refractivity contribution is 5.20. The Morgan fingerprint density at radius 1 is 1.33 bits per heavy atom. The van der Waals surface area contributed by atoms with Gasteiger partial charge >= 0.3 is 0 Å². The summed E-state index contributed by atoms with van der Waals surface area (Å²) in [7, 11) is 0. The van der Waals surface area contributed by atoms with E-state index in [4.69, 9.17) is 10.5 Å². The fraction of sp³-hybridized carbons (Fsp3) is 0.600. The molecule has 1 heterocycles. The summed E-state index contributed by atoms with van der Waals surface area (Å²) in [5.74, 6) is 0.416. The average molecular weight is 248 g/mol. The third-order valence-corrected chi connectivity index (χ3v) is 3.75. The highest BCUT2D eigenvalue weighted by Crippen LogP contribution is 2.19. The topological polar surface area (TPSA) is 38.5 Å². The smallest absolute Gasteiger partial charge is 0.0674 e. The summed E-state index contributed by atoms with van der Waals surface area (Å²) in [6.07, 6.45) is 0.329. The molecule has 2 rings (SSSR count). The van der Waals surface area contributed by atoms with Crippen molar-refractivity contribution in [2.75, 3.05) is 26.2 Å². The van der Waals surface area contributed by atoms with E-state index in [0.717, 1.165) is 19.7 Å². The van der Waals surface area contributed by atoms with Crippen LogP contribution in [0.2, 0.25) is 0 Å². The van der Waals surface area contributed by atoms with Gasteiger partial charge in [0.25, 0.3) is 0 Å². The van der Waals surface area contributed by atoms with Crippen LogP contribution in [0.5, 0.6) is 0 Å². The molecule has 1 aliphatic heterocycles. The van der Waals surface area contributed by atoms with Crippen LogP contribution in [0.3, 0.4) is 0 Å². The second kappa shape index (κ2) is 6.32. The highest BCUT2D eigenvalue weighted by Gasteiger charge is 2.25. The zero-order chi connectivity index (χ0) is 13.0. The van der Waals surface area contributed by atoms with Gasteiger partial charge in [-0.3, -0.25) is 4.90 Å². The number of nitrogens with two attached hydrogens (primary N) is 1. The first-order valence-corrected chi connectivity index (χ1v) is 6.81. The zero-order valence-electron chi connectivity index (χ0n) is 11.4. The fourth-order valence-corrected chi connectivity index (χ4v) is 2.55. The van der Waals surface area contributed by atoms with E-state index in [2.05, 4.69) is 49.1 Å². The average Bonchev–Trinajstić information content (AvgIpc) is 2.41. The number of ether oxygens (including phenoxy) is 1. The maximum absolute atomic E-state index is 5.94. The molecule has 1 aromatic rings. The molecule has 100 valence electrons. The molecule has 0 aliphatic carbocycles. The second-order valence-corrected chi connectivity index (χ2v) is 5.29. The van der Waals surface area contributed by atoms with Crippen molar-refractivity contribution in [3.8, 4) is 0 Å². The Morgan fingerprint density at radius 2 is 2.06 bits per heavy atom. The summed E-state index contributed by atoms with van der Waals surface area (Å²) in [6, 6.07) is 11.1. The minimum atomic E-state index is 0.329.